The van der Waals surface area contributed by atoms with E-state index in [-0.39, 0.29) is 11.9 Å². The molecular formula is C23H22N2OS. The van der Waals surface area contributed by atoms with Gasteiger partial charge >= 0.3 is 0 Å². The van der Waals surface area contributed by atoms with Crippen LogP contribution in [0.4, 0.5) is 0 Å². The van der Waals surface area contributed by atoms with E-state index in [1.54, 1.807) is 18.0 Å². The molecule has 0 spiro atoms. The Morgan fingerprint density at radius 3 is 2.67 bits per heavy atom. The third-order valence-corrected chi connectivity index (χ3v) is 5.92. The Morgan fingerprint density at radius 2 is 1.85 bits per heavy atom. The summed E-state index contributed by atoms with van der Waals surface area (Å²) in [4.78, 5) is 17.1. The predicted molar refractivity (Wildman–Crippen MR) is 110 cm³/mol. The molecule has 1 heterocycles. The van der Waals surface area contributed by atoms with Crippen LogP contribution in [-0.4, -0.2) is 10.9 Å². The van der Waals surface area contributed by atoms with E-state index >= 15 is 0 Å². The van der Waals surface area contributed by atoms with E-state index in [4.69, 9.17) is 0 Å². The lowest BCUT2D eigenvalue weighted by atomic mass is 9.87. The SMILES string of the molecule is O=C(N[C@@H]1CCCc2ccccc21)c1ccc(SCc2ccccc2)nc1. The van der Waals surface area contributed by atoms with Crippen molar-refractivity contribution in [1.82, 2.24) is 10.3 Å². The van der Waals surface area contributed by atoms with Crippen LogP contribution in [0.5, 0.6) is 0 Å². The Balaban J connectivity index is 1.38. The molecule has 3 nitrogen and oxygen atoms in total. The average Bonchev–Trinajstić information content (AvgIpc) is 2.74. The van der Waals surface area contributed by atoms with Crippen LogP contribution in [0, 0.1) is 0 Å². The van der Waals surface area contributed by atoms with Gasteiger partial charge in [-0.1, -0.05) is 54.6 Å². The van der Waals surface area contributed by atoms with Crippen LogP contribution < -0.4 is 5.32 Å². The largest absolute Gasteiger partial charge is 0.345 e. The second-order valence-corrected chi connectivity index (χ2v) is 7.77. The Morgan fingerprint density at radius 1 is 1.04 bits per heavy atom. The monoisotopic (exact) mass is 374 g/mol. The number of nitrogens with zero attached hydrogens (tertiary/aromatic N) is 1. The highest BCUT2D eigenvalue weighted by atomic mass is 32.2. The molecule has 27 heavy (non-hydrogen) atoms. The fourth-order valence-electron chi connectivity index (χ4n) is 3.48. The number of aromatic nitrogens is 1. The van der Waals surface area contributed by atoms with Crippen LogP contribution in [-0.2, 0) is 12.2 Å². The van der Waals surface area contributed by atoms with E-state index in [0.29, 0.717) is 5.56 Å². The maximum Gasteiger partial charge on any atom is 0.253 e. The number of aryl methyl sites for hydroxylation is 1. The lowest BCUT2D eigenvalue weighted by Crippen LogP contribution is -2.31. The number of thioether (sulfide) groups is 1. The quantitative estimate of drug-likeness (QED) is 0.626. The zero-order valence-electron chi connectivity index (χ0n) is 15.1. The van der Waals surface area contributed by atoms with Crippen LogP contribution in [0.3, 0.4) is 0 Å². The first-order valence-corrected chi connectivity index (χ1v) is 10.3. The van der Waals surface area contributed by atoms with Gasteiger partial charge in [0.1, 0.15) is 0 Å². The van der Waals surface area contributed by atoms with Crippen LogP contribution in [0.15, 0.2) is 78.0 Å². The van der Waals surface area contributed by atoms with Gasteiger partial charge in [0.25, 0.3) is 5.91 Å². The maximum atomic E-state index is 12.7. The van der Waals surface area contributed by atoms with Crippen molar-refractivity contribution in [3.8, 4) is 0 Å². The van der Waals surface area contributed by atoms with Crippen molar-refractivity contribution in [2.75, 3.05) is 0 Å². The molecule has 1 atom stereocenters. The number of amides is 1. The molecule has 4 rings (SSSR count). The summed E-state index contributed by atoms with van der Waals surface area (Å²) in [5, 5.41) is 4.11. The molecule has 2 aromatic carbocycles. The molecule has 0 unspecified atom stereocenters. The van der Waals surface area contributed by atoms with Gasteiger partial charge in [0.2, 0.25) is 0 Å². The van der Waals surface area contributed by atoms with Gasteiger partial charge in [-0.05, 0) is 48.1 Å². The minimum atomic E-state index is -0.0520. The molecule has 1 aliphatic rings. The lowest BCUT2D eigenvalue weighted by molar-refractivity contribution is 0.0932. The molecule has 1 aromatic heterocycles. The van der Waals surface area contributed by atoms with Gasteiger partial charge in [-0.25, -0.2) is 4.98 Å². The van der Waals surface area contributed by atoms with Gasteiger partial charge < -0.3 is 5.32 Å². The number of nitrogens with one attached hydrogen (secondary N) is 1. The number of hydrogen-bond acceptors (Lipinski definition) is 3. The first-order chi connectivity index (χ1) is 13.3. The van der Waals surface area contributed by atoms with Gasteiger partial charge in [-0.2, -0.15) is 0 Å². The number of carbonyl (C=O) groups is 1. The molecule has 0 saturated carbocycles. The molecule has 0 fully saturated rings. The molecule has 4 heteroatoms. The highest BCUT2D eigenvalue weighted by molar-refractivity contribution is 7.98. The number of fused-ring (bicyclic) bond motifs is 1. The summed E-state index contributed by atoms with van der Waals surface area (Å²) >= 11 is 1.68. The number of carbonyl (C=O) groups excluding carboxylic acids is 1. The molecular weight excluding hydrogens is 352 g/mol. The summed E-state index contributed by atoms with van der Waals surface area (Å²) in [7, 11) is 0. The average molecular weight is 375 g/mol. The van der Waals surface area contributed by atoms with Gasteiger partial charge in [0, 0.05) is 11.9 Å². The highest BCUT2D eigenvalue weighted by Gasteiger charge is 2.21. The summed E-state index contributed by atoms with van der Waals surface area (Å²) in [6.45, 7) is 0. The molecule has 0 saturated heterocycles. The molecule has 0 bridgehead atoms. The second kappa shape index (κ2) is 8.40. The first kappa shape index (κ1) is 17.8. The van der Waals surface area contributed by atoms with Crippen molar-refractivity contribution in [3.63, 3.8) is 0 Å². The lowest BCUT2D eigenvalue weighted by Gasteiger charge is -2.26. The smallest absolute Gasteiger partial charge is 0.253 e. The first-order valence-electron chi connectivity index (χ1n) is 9.31. The molecule has 3 aromatic rings. The summed E-state index contributed by atoms with van der Waals surface area (Å²) in [5.74, 6) is 0.821. The van der Waals surface area contributed by atoms with Crippen molar-refractivity contribution in [3.05, 3.63) is 95.2 Å². The number of hydrogen-bond donors (Lipinski definition) is 1. The molecule has 1 aliphatic carbocycles. The van der Waals surface area contributed by atoms with E-state index < -0.39 is 0 Å². The third kappa shape index (κ3) is 4.40. The van der Waals surface area contributed by atoms with Gasteiger partial charge in [-0.15, -0.1) is 11.8 Å². The second-order valence-electron chi connectivity index (χ2n) is 6.78. The van der Waals surface area contributed by atoms with E-state index in [0.717, 1.165) is 30.0 Å². The summed E-state index contributed by atoms with van der Waals surface area (Å²) in [5.41, 5.74) is 4.48. The van der Waals surface area contributed by atoms with Crippen molar-refractivity contribution >= 4 is 17.7 Å². The Hall–Kier alpha value is -2.59. The van der Waals surface area contributed by atoms with Gasteiger partial charge in [-0.3, -0.25) is 4.79 Å². The molecule has 0 aliphatic heterocycles. The topological polar surface area (TPSA) is 42.0 Å². The van der Waals surface area contributed by atoms with E-state index in [9.17, 15) is 4.79 Å². The van der Waals surface area contributed by atoms with Crippen molar-refractivity contribution in [2.24, 2.45) is 0 Å². The fraction of sp³-hybridized carbons (Fsp3) is 0.217. The summed E-state index contributed by atoms with van der Waals surface area (Å²) in [6.07, 6.45) is 4.87. The Labute approximate surface area is 164 Å². The third-order valence-electron chi connectivity index (χ3n) is 4.90. The summed E-state index contributed by atoms with van der Waals surface area (Å²) in [6, 6.07) is 22.6. The maximum absolute atomic E-state index is 12.7. The van der Waals surface area contributed by atoms with Crippen LogP contribution in [0.2, 0.25) is 0 Å². The van der Waals surface area contributed by atoms with Crippen LogP contribution in [0.1, 0.15) is 45.9 Å². The normalized spacial score (nSPS) is 15.8. The molecule has 136 valence electrons. The standard InChI is InChI=1S/C23H22N2OS/c26-23(25-21-12-6-10-18-9-4-5-11-20(18)21)19-13-14-22(24-15-19)27-16-17-7-2-1-3-8-17/h1-5,7-9,11,13-15,21H,6,10,12,16H2,(H,25,26)/t21-/m1/s1. The Kier molecular flexibility index (Phi) is 5.54. The zero-order valence-corrected chi connectivity index (χ0v) is 15.9. The predicted octanol–water partition coefficient (Wildman–Crippen LogP) is 5.18. The van der Waals surface area contributed by atoms with E-state index in [2.05, 4.69) is 40.6 Å². The molecule has 1 amide bonds. The van der Waals surface area contributed by atoms with E-state index in [1.807, 2.05) is 36.4 Å². The van der Waals surface area contributed by atoms with E-state index in [1.165, 1.54) is 16.7 Å². The van der Waals surface area contributed by atoms with Gasteiger partial charge in [0.15, 0.2) is 0 Å². The Bertz CT molecular complexity index is 909. The fourth-order valence-corrected chi connectivity index (χ4v) is 4.28. The number of benzene rings is 2. The zero-order chi connectivity index (χ0) is 18.5. The van der Waals surface area contributed by atoms with Gasteiger partial charge in [0.05, 0.1) is 16.6 Å². The van der Waals surface area contributed by atoms with Crippen LogP contribution >= 0.6 is 11.8 Å². The van der Waals surface area contributed by atoms with Crippen molar-refractivity contribution in [1.29, 1.82) is 0 Å². The minimum absolute atomic E-state index is 0.0520. The van der Waals surface area contributed by atoms with Crippen LogP contribution in [0.25, 0.3) is 0 Å². The van der Waals surface area contributed by atoms with Crippen molar-refractivity contribution < 1.29 is 4.79 Å². The number of pyridine rings is 1. The number of rotatable bonds is 5. The van der Waals surface area contributed by atoms with Crippen molar-refractivity contribution in [2.45, 2.75) is 36.1 Å². The highest BCUT2D eigenvalue weighted by Crippen LogP contribution is 2.29. The molecule has 0 radical (unpaired) electrons. The summed E-state index contributed by atoms with van der Waals surface area (Å²) < 4.78 is 0. The minimum Gasteiger partial charge on any atom is -0.345 e. The molecule has 1 N–H and O–H groups in total.